The Hall–Kier alpha value is -1.03. The van der Waals surface area contributed by atoms with Crippen LogP contribution in [0.3, 0.4) is 0 Å². The third-order valence-corrected chi connectivity index (χ3v) is 1.67. The first kappa shape index (κ1) is 13.0. The van der Waals surface area contributed by atoms with E-state index >= 15 is 0 Å². The van der Waals surface area contributed by atoms with Gasteiger partial charge in [-0.05, 0) is 5.92 Å². The Morgan fingerprint density at radius 3 is 2.50 bits per heavy atom. The highest BCUT2D eigenvalue weighted by Gasteiger charge is 2.11. The van der Waals surface area contributed by atoms with E-state index in [1.165, 1.54) is 0 Å². The maximum Gasteiger partial charge on any atom is 0.303 e. The van der Waals surface area contributed by atoms with Gasteiger partial charge in [0, 0.05) is 17.9 Å². The number of halogens is 1. The van der Waals surface area contributed by atoms with Crippen molar-refractivity contribution in [3.8, 4) is 0 Å². The van der Waals surface area contributed by atoms with Crippen molar-refractivity contribution in [2.75, 3.05) is 6.54 Å². The molecule has 0 saturated heterocycles. The van der Waals surface area contributed by atoms with Crippen molar-refractivity contribution in [3.05, 3.63) is 11.6 Å². The molecular weight excluding hydrogens is 206 g/mol. The number of carbonyl (C=O) groups excluding carboxylic acids is 1. The van der Waals surface area contributed by atoms with E-state index in [4.69, 9.17) is 16.7 Å². The van der Waals surface area contributed by atoms with E-state index in [-0.39, 0.29) is 31.2 Å². The van der Waals surface area contributed by atoms with Crippen molar-refractivity contribution >= 4 is 23.5 Å². The van der Waals surface area contributed by atoms with Gasteiger partial charge in [0.15, 0.2) is 0 Å². The SMILES string of the molecule is C=C(Cl)CNC(=O)CC(C)CC(=O)O. The zero-order valence-corrected chi connectivity index (χ0v) is 8.80. The highest BCUT2D eigenvalue weighted by molar-refractivity contribution is 6.29. The first-order valence-electron chi connectivity index (χ1n) is 4.23. The normalized spacial score (nSPS) is 11.9. The van der Waals surface area contributed by atoms with Crippen molar-refractivity contribution < 1.29 is 14.7 Å². The Labute approximate surface area is 87.9 Å². The van der Waals surface area contributed by atoms with Gasteiger partial charge in [0.1, 0.15) is 0 Å². The van der Waals surface area contributed by atoms with Crippen LogP contribution in [-0.4, -0.2) is 23.5 Å². The van der Waals surface area contributed by atoms with Gasteiger partial charge in [-0.2, -0.15) is 0 Å². The molecule has 1 atom stereocenters. The van der Waals surface area contributed by atoms with E-state index < -0.39 is 5.97 Å². The fourth-order valence-corrected chi connectivity index (χ4v) is 1.02. The number of nitrogens with one attached hydrogen (secondary N) is 1. The molecule has 0 aromatic rings. The van der Waals surface area contributed by atoms with E-state index in [0.29, 0.717) is 5.03 Å². The minimum atomic E-state index is -0.896. The van der Waals surface area contributed by atoms with Crippen LogP contribution < -0.4 is 5.32 Å². The van der Waals surface area contributed by atoms with Gasteiger partial charge in [0.25, 0.3) is 0 Å². The molecule has 0 rings (SSSR count). The summed E-state index contributed by atoms with van der Waals surface area (Å²) in [4.78, 5) is 21.4. The van der Waals surface area contributed by atoms with Crippen LogP contribution in [0.5, 0.6) is 0 Å². The number of aliphatic carboxylic acids is 1. The van der Waals surface area contributed by atoms with Gasteiger partial charge in [-0.25, -0.2) is 0 Å². The summed E-state index contributed by atoms with van der Waals surface area (Å²) in [6.07, 6.45) is 0.186. The Balaban J connectivity index is 3.71. The van der Waals surface area contributed by atoms with Crippen LogP contribution in [0, 0.1) is 5.92 Å². The Morgan fingerprint density at radius 2 is 2.07 bits per heavy atom. The third-order valence-electron chi connectivity index (χ3n) is 1.53. The van der Waals surface area contributed by atoms with Crippen molar-refractivity contribution in [1.29, 1.82) is 0 Å². The van der Waals surface area contributed by atoms with Crippen LogP contribution in [0.1, 0.15) is 19.8 Å². The predicted octanol–water partition coefficient (Wildman–Crippen LogP) is 1.36. The molecule has 0 heterocycles. The number of hydrogen-bond donors (Lipinski definition) is 2. The Morgan fingerprint density at radius 1 is 1.50 bits per heavy atom. The topological polar surface area (TPSA) is 66.4 Å². The summed E-state index contributed by atoms with van der Waals surface area (Å²) in [5, 5.41) is 11.3. The van der Waals surface area contributed by atoms with Crippen LogP contribution in [-0.2, 0) is 9.59 Å². The second-order valence-electron chi connectivity index (χ2n) is 3.20. The minimum Gasteiger partial charge on any atom is -0.481 e. The molecule has 0 fully saturated rings. The average Bonchev–Trinajstić information content (AvgIpc) is 1.98. The number of carbonyl (C=O) groups is 2. The molecule has 0 saturated carbocycles. The Bertz CT molecular complexity index is 240. The van der Waals surface area contributed by atoms with Crippen LogP contribution >= 0.6 is 11.6 Å². The molecule has 1 unspecified atom stereocenters. The van der Waals surface area contributed by atoms with Gasteiger partial charge in [-0.15, -0.1) is 0 Å². The molecular formula is C9H14ClNO3. The molecule has 1 amide bonds. The van der Waals surface area contributed by atoms with Crippen LogP contribution in [0.15, 0.2) is 11.6 Å². The molecule has 0 aromatic heterocycles. The van der Waals surface area contributed by atoms with Gasteiger partial charge in [-0.3, -0.25) is 9.59 Å². The summed E-state index contributed by atoms with van der Waals surface area (Å²) in [5.41, 5.74) is 0. The molecule has 2 N–H and O–H groups in total. The summed E-state index contributed by atoms with van der Waals surface area (Å²) in [7, 11) is 0. The van der Waals surface area contributed by atoms with E-state index in [0.717, 1.165) is 0 Å². The van der Waals surface area contributed by atoms with Crippen molar-refractivity contribution in [1.82, 2.24) is 5.32 Å². The molecule has 0 radical (unpaired) electrons. The van der Waals surface area contributed by atoms with Crippen LogP contribution in [0.25, 0.3) is 0 Å². The van der Waals surface area contributed by atoms with E-state index in [2.05, 4.69) is 11.9 Å². The maximum absolute atomic E-state index is 11.1. The molecule has 0 bridgehead atoms. The highest BCUT2D eigenvalue weighted by Crippen LogP contribution is 2.06. The van der Waals surface area contributed by atoms with Crippen molar-refractivity contribution in [3.63, 3.8) is 0 Å². The average molecular weight is 220 g/mol. The largest absolute Gasteiger partial charge is 0.481 e. The zero-order valence-electron chi connectivity index (χ0n) is 8.05. The number of rotatable bonds is 6. The fourth-order valence-electron chi connectivity index (χ4n) is 0.953. The van der Waals surface area contributed by atoms with Gasteiger partial charge in [0.05, 0.1) is 6.54 Å². The first-order chi connectivity index (χ1) is 6.41. The fraction of sp³-hybridized carbons (Fsp3) is 0.556. The monoisotopic (exact) mass is 219 g/mol. The van der Waals surface area contributed by atoms with Gasteiger partial charge >= 0.3 is 5.97 Å². The van der Waals surface area contributed by atoms with E-state index in [1.54, 1.807) is 6.92 Å². The summed E-state index contributed by atoms with van der Waals surface area (Å²) in [5.74, 6) is -1.27. The lowest BCUT2D eigenvalue weighted by Gasteiger charge is -2.08. The molecule has 0 aliphatic carbocycles. The molecule has 14 heavy (non-hydrogen) atoms. The zero-order chi connectivity index (χ0) is 11.1. The van der Waals surface area contributed by atoms with Gasteiger partial charge in [-0.1, -0.05) is 25.1 Å². The lowest BCUT2D eigenvalue weighted by atomic mass is 10.0. The first-order valence-corrected chi connectivity index (χ1v) is 4.61. The second-order valence-corrected chi connectivity index (χ2v) is 3.74. The summed E-state index contributed by atoms with van der Waals surface area (Å²) in [6.45, 7) is 5.35. The summed E-state index contributed by atoms with van der Waals surface area (Å²) in [6, 6.07) is 0. The number of hydrogen-bond acceptors (Lipinski definition) is 2. The lowest BCUT2D eigenvalue weighted by Crippen LogP contribution is -2.26. The molecule has 0 aliphatic heterocycles. The number of amides is 1. The molecule has 80 valence electrons. The van der Waals surface area contributed by atoms with Gasteiger partial charge < -0.3 is 10.4 Å². The highest BCUT2D eigenvalue weighted by atomic mass is 35.5. The minimum absolute atomic E-state index is 0.00472. The molecule has 0 spiro atoms. The number of carboxylic acids is 1. The second kappa shape index (κ2) is 6.43. The summed E-state index contributed by atoms with van der Waals surface area (Å²) < 4.78 is 0. The molecule has 0 aliphatic rings. The third kappa shape index (κ3) is 7.61. The quantitative estimate of drug-likeness (QED) is 0.709. The summed E-state index contributed by atoms with van der Waals surface area (Å²) >= 11 is 5.44. The Kier molecular flexibility index (Phi) is 5.95. The van der Waals surface area contributed by atoms with E-state index in [9.17, 15) is 9.59 Å². The van der Waals surface area contributed by atoms with Gasteiger partial charge in [0.2, 0.25) is 5.91 Å². The lowest BCUT2D eigenvalue weighted by molar-refractivity contribution is -0.138. The molecule has 5 heteroatoms. The smallest absolute Gasteiger partial charge is 0.303 e. The predicted molar refractivity (Wildman–Crippen MR) is 54.0 cm³/mol. The van der Waals surface area contributed by atoms with Crippen LogP contribution in [0.2, 0.25) is 0 Å². The van der Waals surface area contributed by atoms with Crippen LogP contribution in [0.4, 0.5) is 0 Å². The van der Waals surface area contributed by atoms with Crippen molar-refractivity contribution in [2.24, 2.45) is 5.92 Å². The number of carboxylic acid groups (broad SMARTS) is 1. The van der Waals surface area contributed by atoms with Crippen molar-refractivity contribution in [2.45, 2.75) is 19.8 Å². The molecule has 0 aromatic carbocycles. The standard InChI is InChI=1S/C9H14ClNO3/c1-6(4-9(13)14)3-8(12)11-5-7(2)10/h6H,2-5H2,1H3,(H,11,12)(H,13,14). The van der Waals surface area contributed by atoms with E-state index in [1.807, 2.05) is 0 Å². The molecule has 4 nitrogen and oxygen atoms in total. The maximum atomic E-state index is 11.1.